The number of nitrogens with one attached hydrogen (secondary N) is 1. The smallest absolute Gasteiger partial charge is 0.251 e. The Balaban J connectivity index is 1.89. The van der Waals surface area contributed by atoms with Crippen molar-refractivity contribution < 1.29 is 9.21 Å². The maximum atomic E-state index is 11.9. The van der Waals surface area contributed by atoms with Gasteiger partial charge in [-0.1, -0.05) is 6.07 Å². The van der Waals surface area contributed by atoms with Gasteiger partial charge in [-0.05, 0) is 37.1 Å². The summed E-state index contributed by atoms with van der Waals surface area (Å²) in [5, 5.41) is 2.86. The van der Waals surface area contributed by atoms with Crippen LogP contribution in [0.3, 0.4) is 0 Å². The lowest BCUT2D eigenvalue weighted by atomic mass is 10.1. The number of benzene rings is 1. The van der Waals surface area contributed by atoms with E-state index in [9.17, 15) is 4.79 Å². The number of carbonyl (C=O) groups excluding carboxylic acids is 1. The van der Waals surface area contributed by atoms with Gasteiger partial charge in [0.15, 0.2) is 6.39 Å². The van der Waals surface area contributed by atoms with Crippen LogP contribution in [0, 0.1) is 13.8 Å². The first kappa shape index (κ1) is 12.4. The van der Waals surface area contributed by atoms with Crippen molar-refractivity contribution in [2.24, 2.45) is 0 Å². The molecule has 0 aliphatic heterocycles. The van der Waals surface area contributed by atoms with Crippen molar-refractivity contribution in [2.45, 2.75) is 20.3 Å². The lowest BCUT2D eigenvalue weighted by Gasteiger charge is -2.06. The Labute approximate surface area is 106 Å². The standard InChI is InChI=1S/C14H16N2O2/c1-10-3-4-12(7-11(10)2)14(17)15-6-5-13-8-18-9-16-13/h3-4,7-9H,5-6H2,1-2H3,(H,15,17). The monoisotopic (exact) mass is 244 g/mol. The summed E-state index contributed by atoms with van der Waals surface area (Å²) in [5.41, 5.74) is 3.85. The number of aryl methyl sites for hydroxylation is 2. The zero-order valence-corrected chi connectivity index (χ0v) is 10.6. The highest BCUT2D eigenvalue weighted by Gasteiger charge is 2.06. The molecule has 1 heterocycles. The predicted octanol–water partition coefficient (Wildman–Crippen LogP) is 2.26. The van der Waals surface area contributed by atoms with Gasteiger partial charge in [0, 0.05) is 18.5 Å². The Kier molecular flexibility index (Phi) is 3.77. The molecule has 0 bridgehead atoms. The van der Waals surface area contributed by atoms with Gasteiger partial charge in [-0.2, -0.15) is 0 Å². The summed E-state index contributed by atoms with van der Waals surface area (Å²) < 4.78 is 4.86. The maximum Gasteiger partial charge on any atom is 0.251 e. The van der Waals surface area contributed by atoms with Crippen LogP contribution in [-0.4, -0.2) is 17.4 Å². The molecule has 4 heteroatoms. The van der Waals surface area contributed by atoms with Crippen molar-refractivity contribution in [1.29, 1.82) is 0 Å². The molecule has 1 aromatic carbocycles. The summed E-state index contributed by atoms with van der Waals surface area (Å²) in [7, 11) is 0. The molecule has 0 radical (unpaired) electrons. The van der Waals surface area contributed by atoms with Crippen molar-refractivity contribution in [3.8, 4) is 0 Å². The number of carbonyl (C=O) groups is 1. The fourth-order valence-corrected chi connectivity index (χ4v) is 1.65. The van der Waals surface area contributed by atoms with E-state index in [2.05, 4.69) is 10.3 Å². The molecule has 4 nitrogen and oxygen atoms in total. The normalized spacial score (nSPS) is 10.3. The van der Waals surface area contributed by atoms with E-state index in [0.717, 1.165) is 11.3 Å². The molecule has 0 aliphatic rings. The molecular weight excluding hydrogens is 228 g/mol. The molecule has 1 aromatic heterocycles. The molecule has 2 rings (SSSR count). The lowest BCUT2D eigenvalue weighted by Crippen LogP contribution is -2.25. The van der Waals surface area contributed by atoms with E-state index >= 15 is 0 Å². The van der Waals surface area contributed by atoms with Gasteiger partial charge in [0.2, 0.25) is 0 Å². The number of aromatic nitrogens is 1. The fourth-order valence-electron chi connectivity index (χ4n) is 1.65. The second-order valence-electron chi connectivity index (χ2n) is 4.28. The van der Waals surface area contributed by atoms with Crippen molar-refractivity contribution in [3.05, 3.63) is 53.2 Å². The van der Waals surface area contributed by atoms with E-state index in [1.54, 1.807) is 6.26 Å². The quantitative estimate of drug-likeness (QED) is 0.897. The largest absolute Gasteiger partial charge is 0.451 e. The van der Waals surface area contributed by atoms with Crippen LogP contribution in [0.15, 0.2) is 35.3 Å². The maximum absolute atomic E-state index is 11.9. The molecule has 1 N–H and O–H groups in total. The zero-order chi connectivity index (χ0) is 13.0. The molecule has 0 saturated heterocycles. The third kappa shape index (κ3) is 2.97. The topological polar surface area (TPSA) is 55.1 Å². The van der Waals surface area contributed by atoms with E-state index in [1.807, 2.05) is 32.0 Å². The highest BCUT2D eigenvalue weighted by atomic mass is 16.3. The number of oxazole rings is 1. The van der Waals surface area contributed by atoms with E-state index < -0.39 is 0 Å². The Morgan fingerprint density at radius 3 is 2.83 bits per heavy atom. The SMILES string of the molecule is Cc1ccc(C(=O)NCCc2cocn2)cc1C. The minimum Gasteiger partial charge on any atom is -0.451 e. The Morgan fingerprint density at radius 2 is 2.17 bits per heavy atom. The summed E-state index contributed by atoms with van der Waals surface area (Å²) in [4.78, 5) is 15.9. The van der Waals surface area contributed by atoms with Gasteiger partial charge < -0.3 is 9.73 Å². The number of rotatable bonds is 4. The highest BCUT2D eigenvalue weighted by molar-refractivity contribution is 5.94. The second-order valence-corrected chi connectivity index (χ2v) is 4.28. The molecule has 0 fully saturated rings. The molecule has 18 heavy (non-hydrogen) atoms. The summed E-state index contributed by atoms with van der Waals surface area (Å²) >= 11 is 0. The van der Waals surface area contributed by atoms with Gasteiger partial charge in [0.25, 0.3) is 5.91 Å². The Hall–Kier alpha value is -2.10. The van der Waals surface area contributed by atoms with Crippen molar-refractivity contribution in [3.63, 3.8) is 0 Å². The average Bonchev–Trinajstić information content (AvgIpc) is 2.85. The van der Waals surface area contributed by atoms with E-state index in [1.165, 1.54) is 12.0 Å². The fraction of sp³-hybridized carbons (Fsp3) is 0.286. The van der Waals surface area contributed by atoms with Gasteiger partial charge in [-0.3, -0.25) is 4.79 Å². The van der Waals surface area contributed by atoms with Crippen LogP contribution in [-0.2, 0) is 6.42 Å². The minimum absolute atomic E-state index is 0.0541. The minimum atomic E-state index is -0.0541. The first-order valence-electron chi connectivity index (χ1n) is 5.89. The van der Waals surface area contributed by atoms with Crippen LogP contribution >= 0.6 is 0 Å². The van der Waals surface area contributed by atoms with Crippen molar-refractivity contribution >= 4 is 5.91 Å². The van der Waals surface area contributed by atoms with E-state index in [4.69, 9.17) is 4.42 Å². The molecule has 0 unspecified atom stereocenters. The van der Waals surface area contributed by atoms with Crippen LogP contribution in [0.5, 0.6) is 0 Å². The van der Waals surface area contributed by atoms with Crippen molar-refractivity contribution in [1.82, 2.24) is 10.3 Å². The average molecular weight is 244 g/mol. The van der Waals surface area contributed by atoms with Crippen LogP contribution in [0.1, 0.15) is 27.2 Å². The molecule has 0 atom stereocenters. The summed E-state index contributed by atoms with van der Waals surface area (Å²) in [6, 6.07) is 5.70. The molecule has 0 saturated carbocycles. The Bertz CT molecular complexity index is 533. The molecule has 2 aromatic rings. The van der Waals surface area contributed by atoms with Gasteiger partial charge in [-0.15, -0.1) is 0 Å². The molecule has 1 amide bonds. The van der Waals surface area contributed by atoms with Crippen molar-refractivity contribution in [2.75, 3.05) is 6.54 Å². The summed E-state index contributed by atoms with van der Waals surface area (Å²) in [6.45, 7) is 4.58. The summed E-state index contributed by atoms with van der Waals surface area (Å²) in [6.07, 6.45) is 3.65. The zero-order valence-electron chi connectivity index (χ0n) is 10.6. The molecule has 0 aliphatic carbocycles. The number of hydrogen-bond acceptors (Lipinski definition) is 3. The second kappa shape index (κ2) is 5.49. The van der Waals surface area contributed by atoms with Crippen LogP contribution in [0.25, 0.3) is 0 Å². The van der Waals surface area contributed by atoms with Crippen LogP contribution in [0.4, 0.5) is 0 Å². The van der Waals surface area contributed by atoms with Gasteiger partial charge >= 0.3 is 0 Å². The van der Waals surface area contributed by atoms with Gasteiger partial charge in [0.1, 0.15) is 6.26 Å². The lowest BCUT2D eigenvalue weighted by molar-refractivity contribution is 0.0954. The number of nitrogens with zero attached hydrogens (tertiary/aromatic N) is 1. The van der Waals surface area contributed by atoms with Crippen LogP contribution < -0.4 is 5.32 Å². The van der Waals surface area contributed by atoms with E-state index in [-0.39, 0.29) is 5.91 Å². The third-order valence-electron chi connectivity index (χ3n) is 2.92. The highest BCUT2D eigenvalue weighted by Crippen LogP contribution is 2.09. The van der Waals surface area contributed by atoms with Gasteiger partial charge in [-0.25, -0.2) is 4.98 Å². The third-order valence-corrected chi connectivity index (χ3v) is 2.92. The Morgan fingerprint density at radius 1 is 1.33 bits per heavy atom. The first-order chi connectivity index (χ1) is 8.66. The molecule has 94 valence electrons. The van der Waals surface area contributed by atoms with Crippen LogP contribution in [0.2, 0.25) is 0 Å². The number of amides is 1. The number of hydrogen-bond donors (Lipinski definition) is 1. The molecule has 0 spiro atoms. The molecular formula is C14H16N2O2. The van der Waals surface area contributed by atoms with E-state index in [0.29, 0.717) is 18.5 Å². The first-order valence-corrected chi connectivity index (χ1v) is 5.89. The van der Waals surface area contributed by atoms with Gasteiger partial charge in [0.05, 0.1) is 5.69 Å². The summed E-state index contributed by atoms with van der Waals surface area (Å²) in [5.74, 6) is -0.0541. The predicted molar refractivity (Wildman–Crippen MR) is 68.5 cm³/mol.